The van der Waals surface area contributed by atoms with Crippen LogP contribution in [0.4, 0.5) is 0 Å². The summed E-state index contributed by atoms with van der Waals surface area (Å²) in [5, 5.41) is 26.0. The number of amides is 4. The highest BCUT2D eigenvalue weighted by molar-refractivity contribution is 5.95. The first-order chi connectivity index (χ1) is 16.8. The van der Waals surface area contributed by atoms with E-state index < -0.39 is 66.3 Å². The molecule has 0 aromatic rings. The van der Waals surface area contributed by atoms with Gasteiger partial charge < -0.3 is 54.8 Å². The zero-order valence-electron chi connectivity index (χ0n) is 20.3. The molecule has 0 saturated heterocycles. The van der Waals surface area contributed by atoms with Crippen molar-refractivity contribution >= 4 is 35.6 Å². The summed E-state index contributed by atoms with van der Waals surface area (Å²) >= 11 is 0. The van der Waals surface area contributed by atoms with E-state index >= 15 is 0 Å². The lowest BCUT2D eigenvalue weighted by Gasteiger charge is -2.25. The van der Waals surface area contributed by atoms with Crippen LogP contribution in [0.3, 0.4) is 0 Å². The van der Waals surface area contributed by atoms with E-state index in [9.17, 15) is 34.2 Å². The SMILES string of the molecule is CC(O)C(NC(=O)C(CCCN=C(N)N)NC(=O)C(CCCCN)NC(=O)C(N)CC(N)=O)C(=O)O. The Hall–Kier alpha value is -3.50. The number of nitrogens with two attached hydrogens (primary N) is 5. The number of unbranched alkanes of at least 4 members (excludes halogenated alkanes) is 1. The summed E-state index contributed by atoms with van der Waals surface area (Å²) in [6.45, 7) is 1.65. The number of aliphatic hydroxyl groups excluding tert-OH is 1. The first-order valence-electron chi connectivity index (χ1n) is 11.4. The Morgan fingerprint density at radius 2 is 1.39 bits per heavy atom. The van der Waals surface area contributed by atoms with E-state index in [1.165, 1.54) is 6.92 Å². The van der Waals surface area contributed by atoms with Gasteiger partial charge in [-0.05, 0) is 45.6 Å². The Morgan fingerprint density at radius 3 is 1.86 bits per heavy atom. The minimum Gasteiger partial charge on any atom is -0.480 e. The van der Waals surface area contributed by atoms with Crippen LogP contribution in [0.1, 0.15) is 45.4 Å². The second-order valence-electron chi connectivity index (χ2n) is 8.20. The summed E-state index contributed by atoms with van der Waals surface area (Å²) in [7, 11) is 0. The molecule has 0 spiro atoms. The molecule has 0 aliphatic heterocycles. The van der Waals surface area contributed by atoms with Crippen molar-refractivity contribution in [2.45, 2.75) is 75.7 Å². The fourth-order valence-corrected chi connectivity index (χ4v) is 3.04. The molecule has 0 fully saturated rings. The lowest BCUT2D eigenvalue weighted by atomic mass is 10.0. The minimum atomic E-state index is -1.62. The molecule has 0 rings (SSSR count). The summed E-state index contributed by atoms with van der Waals surface area (Å²) < 4.78 is 0. The van der Waals surface area contributed by atoms with Gasteiger partial charge in [-0.3, -0.25) is 24.2 Å². The highest BCUT2D eigenvalue weighted by Crippen LogP contribution is 2.06. The van der Waals surface area contributed by atoms with Gasteiger partial charge in [0.25, 0.3) is 0 Å². The number of carbonyl (C=O) groups excluding carboxylic acids is 4. The fourth-order valence-electron chi connectivity index (χ4n) is 3.04. The zero-order chi connectivity index (χ0) is 27.8. The largest absolute Gasteiger partial charge is 0.480 e. The van der Waals surface area contributed by atoms with Crippen LogP contribution in [-0.4, -0.2) is 89.1 Å². The number of hydrogen-bond acceptors (Lipinski definition) is 9. The van der Waals surface area contributed by atoms with Gasteiger partial charge in [-0.15, -0.1) is 0 Å². The molecule has 5 atom stereocenters. The molecule has 4 amide bonds. The normalized spacial score (nSPS) is 14.9. The molecule has 15 N–H and O–H groups in total. The van der Waals surface area contributed by atoms with Crippen molar-refractivity contribution in [3.8, 4) is 0 Å². The Morgan fingerprint density at radius 1 is 0.861 bits per heavy atom. The van der Waals surface area contributed by atoms with Crippen LogP contribution < -0.4 is 44.6 Å². The molecule has 5 unspecified atom stereocenters. The van der Waals surface area contributed by atoms with Crippen LogP contribution in [-0.2, 0) is 24.0 Å². The van der Waals surface area contributed by atoms with Crippen LogP contribution in [0, 0.1) is 0 Å². The van der Waals surface area contributed by atoms with E-state index in [1.54, 1.807) is 0 Å². The lowest BCUT2D eigenvalue weighted by Crippen LogP contribution is -2.58. The first kappa shape index (κ1) is 32.5. The van der Waals surface area contributed by atoms with E-state index in [0.717, 1.165) is 0 Å². The average molecular weight is 518 g/mol. The standard InChI is InChI=1S/C20H39N9O7/c1-10(30)15(19(35)36)29-18(34)13(6-4-8-26-20(24)25)28-17(33)12(5-2-3-7-21)27-16(32)11(22)9-14(23)31/h10-13,15,30H,2-9,21-22H2,1H3,(H2,23,31)(H,27,32)(H,28,33)(H,29,34)(H,35,36)(H4,24,25,26). The summed E-state index contributed by atoms with van der Waals surface area (Å²) in [5.74, 6) is -4.87. The number of carbonyl (C=O) groups is 5. The number of nitrogens with one attached hydrogen (secondary N) is 3. The van der Waals surface area contributed by atoms with Crippen LogP contribution in [0.2, 0.25) is 0 Å². The average Bonchev–Trinajstić information content (AvgIpc) is 2.77. The third-order valence-corrected chi connectivity index (χ3v) is 4.96. The van der Waals surface area contributed by atoms with Crippen molar-refractivity contribution in [1.29, 1.82) is 0 Å². The van der Waals surface area contributed by atoms with Gasteiger partial charge in [-0.1, -0.05) is 0 Å². The fraction of sp³-hybridized carbons (Fsp3) is 0.700. The predicted molar refractivity (Wildman–Crippen MR) is 130 cm³/mol. The van der Waals surface area contributed by atoms with Crippen LogP contribution in [0.25, 0.3) is 0 Å². The van der Waals surface area contributed by atoms with Gasteiger partial charge in [0, 0.05) is 6.54 Å². The molecule has 0 aliphatic rings. The highest BCUT2D eigenvalue weighted by atomic mass is 16.4. The van der Waals surface area contributed by atoms with Gasteiger partial charge in [0.1, 0.15) is 12.1 Å². The summed E-state index contributed by atoms with van der Waals surface area (Å²) in [6, 6.07) is -5.29. The van der Waals surface area contributed by atoms with Crippen molar-refractivity contribution in [2.75, 3.05) is 13.1 Å². The van der Waals surface area contributed by atoms with E-state index in [1.807, 2.05) is 0 Å². The number of aliphatic imine (C=N–C) groups is 1. The third kappa shape index (κ3) is 13.4. The molecule has 206 valence electrons. The molecule has 16 nitrogen and oxygen atoms in total. The minimum absolute atomic E-state index is 0.00512. The predicted octanol–water partition coefficient (Wildman–Crippen LogP) is -4.71. The topological polar surface area (TPSA) is 304 Å². The second kappa shape index (κ2) is 17.0. The maximum atomic E-state index is 13.0. The highest BCUT2D eigenvalue weighted by Gasteiger charge is 2.31. The van der Waals surface area contributed by atoms with Crippen molar-refractivity contribution < 1.29 is 34.2 Å². The summed E-state index contributed by atoms with van der Waals surface area (Å²) in [4.78, 5) is 64.4. The monoisotopic (exact) mass is 517 g/mol. The molecule has 0 heterocycles. The number of rotatable bonds is 18. The number of primary amides is 1. The maximum Gasteiger partial charge on any atom is 0.328 e. The van der Waals surface area contributed by atoms with Crippen molar-refractivity contribution in [3.63, 3.8) is 0 Å². The molecule has 0 aliphatic carbocycles. The van der Waals surface area contributed by atoms with Gasteiger partial charge in [0.15, 0.2) is 12.0 Å². The molecule has 0 aromatic heterocycles. The Balaban J connectivity index is 5.64. The number of aliphatic carboxylic acids is 1. The van der Waals surface area contributed by atoms with Gasteiger partial charge in [0.05, 0.1) is 18.6 Å². The van der Waals surface area contributed by atoms with Crippen molar-refractivity contribution in [3.05, 3.63) is 0 Å². The van der Waals surface area contributed by atoms with Gasteiger partial charge in [0.2, 0.25) is 23.6 Å². The smallest absolute Gasteiger partial charge is 0.328 e. The molecule has 0 aromatic carbocycles. The first-order valence-corrected chi connectivity index (χ1v) is 11.4. The van der Waals surface area contributed by atoms with Crippen molar-refractivity contribution in [1.82, 2.24) is 16.0 Å². The quantitative estimate of drug-likeness (QED) is 0.0467. The van der Waals surface area contributed by atoms with E-state index in [-0.39, 0.29) is 31.8 Å². The third-order valence-electron chi connectivity index (χ3n) is 4.96. The lowest BCUT2D eigenvalue weighted by molar-refractivity contribution is -0.145. The summed E-state index contributed by atoms with van der Waals surface area (Å²) in [5.41, 5.74) is 26.8. The number of carboxylic acid groups (broad SMARTS) is 1. The second-order valence-corrected chi connectivity index (χ2v) is 8.20. The van der Waals surface area contributed by atoms with Gasteiger partial charge in [-0.2, -0.15) is 0 Å². The van der Waals surface area contributed by atoms with Gasteiger partial charge >= 0.3 is 5.97 Å². The Bertz CT molecular complexity index is 787. The van der Waals surface area contributed by atoms with Crippen LogP contribution in [0.5, 0.6) is 0 Å². The Kier molecular flexibility index (Phi) is 15.4. The molecule has 0 bridgehead atoms. The Labute approximate surface area is 208 Å². The maximum absolute atomic E-state index is 13.0. The number of guanidine groups is 1. The number of aliphatic hydroxyl groups is 1. The molecule has 0 saturated carbocycles. The zero-order valence-corrected chi connectivity index (χ0v) is 20.3. The van der Waals surface area contributed by atoms with Crippen molar-refractivity contribution in [2.24, 2.45) is 33.7 Å². The molecule has 16 heteroatoms. The van der Waals surface area contributed by atoms with Crippen LogP contribution >= 0.6 is 0 Å². The van der Waals surface area contributed by atoms with E-state index in [4.69, 9.17) is 28.7 Å². The van der Waals surface area contributed by atoms with E-state index in [0.29, 0.717) is 19.4 Å². The molecular formula is C20H39N9O7. The molecule has 0 radical (unpaired) electrons. The number of nitrogens with zero attached hydrogens (tertiary/aromatic N) is 1. The number of carboxylic acids is 1. The van der Waals surface area contributed by atoms with Crippen LogP contribution in [0.15, 0.2) is 4.99 Å². The molecular weight excluding hydrogens is 478 g/mol. The van der Waals surface area contributed by atoms with E-state index in [2.05, 4.69) is 20.9 Å². The molecule has 36 heavy (non-hydrogen) atoms. The summed E-state index contributed by atoms with van der Waals surface area (Å²) in [6.07, 6.45) is -0.476. The van der Waals surface area contributed by atoms with Gasteiger partial charge in [-0.25, -0.2) is 4.79 Å². The number of hydrogen-bond donors (Lipinski definition) is 10.